The Morgan fingerprint density at radius 2 is 0.957 bits per heavy atom. The third kappa shape index (κ3) is 4.41. The van der Waals surface area contributed by atoms with Gasteiger partial charge in [-0.1, -0.05) is 65.4 Å². The van der Waals surface area contributed by atoms with Crippen molar-refractivity contribution in [3.63, 3.8) is 0 Å². The smallest absolute Gasteiger partial charge is 0.0125 e. The van der Waals surface area contributed by atoms with Gasteiger partial charge in [0.05, 0.1) is 0 Å². The highest BCUT2D eigenvalue weighted by atomic mass is 32.2. The van der Waals surface area contributed by atoms with E-state index < -0.39 is 0 Å². The van der Waals surface area contributed by atoms with Crippen LogP contribution in [0.5, 0.6) is 0 Å². The third-order valence-corrected chi connectivity index (χ3v) is 5.23. The van der Waals surface area contributed by atoms with E-state index in [-0.39, 0.29) is 10.8 Å². The van der Waals surface area contributed by atoms with Gasteiger partial charge in [0.15, 0.2) is 0 Å². The van der Waals surface area contributed by atoms with E-state index in [2.05, 4.69) is 91.8 Å². The maximum atomic E-state index is 2.32. The average molecular weight is 327 g/mol. The highest BCUT2D eigenvalue weighted by molar-refractivity contribution is 7.99. The van der Waals surface area contributed by atoms with Crippen LogP contribution in [0.4, 0.5) is 0 Å². The lowest BCUT2D eigenvalue weighted by Gasteiger charge is -2.23. The summed E-state index contributed by atoms with van der Waals surface area (Å²) in [5.74, 6) is 0. The molecule has 1 heteroatoms. The monoisotopic (exact) mass is 326 g/mol. The summed E-state index contributed by atoms with van der Waals surface area (Å²) in [7, 11) is 0. The summed E-state index contributed by atoms with van der Waals surface area (Å²) in [5.41, 5.74) is 6.04. The van der Waals surface area contributed by atoms with E-state index in [0.717, 1.165) is 0 Å². The molecule has 0 unspecified atom stereocenters. The number of rotatable bonds is 2. The molecular formula is C22H30S. The molecule has 0 saturated heterocycles. The molecule has 23 heavy (non-hydrogen) atoms. The van der Waals surface area contributed by atoms with Gasteiger partial charge in [-0.25, -0.2) is 0 Å². The molecule has 0 radical (unpaired) electrons. The fraction of sp³-hybridized carbons (Fsp3) is 0.455. The second-order valence-corrected chi connectivity index (χ2v) is 9.70. The van der Waals surface area contributed by atoms with Crippen molar-refractivity contribution in [3.8, 4) is 0 Å². The molecule has 0 spiro atoms. The van der Waals surface area contributed by atoms with Crippen LogP contribution in [0, 0.1) is 13.8 Å². The van der Waals surface area contributed by atoms with Gasteiger partial charge in [0, 0.05) is 9.79 Å². The Hall–Kier alpha value is -1.21. The Balaban J connectivity index is 2.27. The van der Waals surface area contributed by atoms with Crippen molar-refractivity contribution in [1.82, 2.24) is 0 Å². The molecule has 2 aromatic carbocycles. The van der Waals surface area contributed by atoms with Crippen LogP contribution in [0.2, 0.25) is 0 Å². The first kappa shape index (κ1) is 18.1. The second kappa shape index (κ2) is 6.36. The van der Waals surface area contributed by atoms with Gasteiger partial charge in [0.1, 0.15) is 0 Å². The molecule has 0 aliphatic rings. The molecule has 124 valence electrons. The van der Waals surface area contributed by atoms with Crippen LogP contribution in [0.3, 0.4) is 0 Å². The summed E-state index contributed by atoms with van der Waals surface area (Å²) >= 11 is 1.85. The van der Waals surface area contributed by atoms with Crippen molar-refractivity contribution >= 4 is 11.8 Å². The zero-order valence-corrected chi connectivity index (χ0v) is 16.7. The van der Waals surface area contributed by atoms with Crippen LogP contribution in [0.1, 0.15) is 63.8 Å². The van der Waals surface area contributed by atoms with E-state index in [1.54, 1.807) is 0 Å². The summed E-state index contributed by atoms with van der Waals surface area (Å²) < 4.78 is 0. The highest BCUT2D eigenvalue weighted by Crippen LogP contribution is 2.35. The van der Waals surface area contributed by atoms with Gasteiger partial charge < -0.3 is 0 Å². The van der Waals surface area contributed by atoms with Crippen molar-refractivity contribution in [2.75, 3.05) is 0 Å². The molecule has 0 aromatic heterocycles. The zero-order chi connectivity index (χ0) is 17.4. The number of benzene rings is 2. The molecule has 0 heterocycles. The van der Waals surface area contributed by atoms with E-state index in [1.807, 2.05) is 11.8 Å². The Morgan fingerprint density at radius 1 is 0.609 bits per heavy atom. The molecular weight excluding hydrogens is 296 g/mol. The van der Waals surface area contributed by atoms with Gasteiger partial charge in [-0.2, -0.15) is 0 Å². The lowest BCUT2D eigenvalue weighted by Crippen LogP contribution is -2.13. The Morgan fingerprint density at radius 3 is 1.22 bits per heavy atom. The van der Waals surface area contributed by atoms with Crippen LogP contribution in [-0.4, -0.2) is 0 Å². The Bertz CT molecular complexity index is 635. The van der Waals surface area contributed by atoms with Crippen LogP contribution < -0.4 is 0 Å². The van der Waals surface area contributed by atoms with Crippen LogP contribution in [0.25, 0.3) is 0 Å². The summed E-state index contributed by atoms with van der Waals surface area (Å²) in [6.07, 6.45) is 0. The molecule has 0 atom stereocenters. The minimum absolute atomic E-state index is 0.207. The standard InChI is InChI=1S/C22H30S/c1-15-13-17(9-11-19(15)21(3,4)5)23-18-10-12-20(16(2)14-18)22(6,7)8/h9-14H,1-8H3. The first-order chi connectivity index (χ1) is 10.5. The average Bonchev–Trinajstić information content (AvgIpc) is 2.35. The lowest BCUT2D eigenvalue weighted by atomic mass is 9.84. The fourth-order valence-corrected chi connectivity index (χ4v) is 4.23. The number of aryl methyl sites for hydroxylation is 2. The van der Waals surface area contributed by atoms with Crippen LogP contribution in [-0.2, 0) is 10.8 Å². The predicted octanol–water partition coefficient (Wildman–Crippen LogP) is 7.05. The molecule has 0 fully saturated rings. The third-order valence-electron chi connectivity index (χ3n) is 4.25. The van der Waals surface area contributed by atoms with Crippen molar-refractivity contribution < 1.29 is 0 Å². The van der Waals surface area contributed by atoms with Crippen molar-refractivity contribution in [2.24, 2.45) is 0 Å². The first-order valence-electron chi connectivity index (χ1n) is 8.38. The largest absolute Gasteiger partial charge is 0.0901 e. The Kier molecular flexibility index (Phi) is 5.01. The van der Waals surface area contributed by atoms with Crippen LogP contribution >= 0.6 is 11.8 Å². The van der Waals surface area contributed by atoms with E-state index in [9.17, 15) is 0 Å². The van der Waals surface area contributed by atoms with E-state index in [0.29, 0.717) is 0 Å². The summed E-state index contributed by atoms with van der Waals surface area (Å²) in [6.45, 7) is 18.1. The minimum atomic E-state index is 0.207. The first-order valence-corrected chi connectivity index (χ1v) is 9.20. The van der Waals surface area contributed by atoms with Gasteiger partial charge in [-0.3, -0.25) is 0 Å². The SMILES string of the molecule is Cc1cc(Sc2ccc(C(C)(C)C)c(C)c2)ccc1C(C)(C)C. The van der Waals surface area contributed by atoms with Gasteiger partial charge in [0.25, 0.3) is 0 Å². The lowest BCUT2D eigenvalue weighted by molar-refractivity contribution is 0.585. The molecule has 2 aromatic rings. The minimum Gasteiger partial charge on any atom is -0.0901 e. The molecule has 0 nitrogen and oxygen atoms in total. The normalized spacial score (nSPS) is 12.5. The molecule has 0 amide bonds. The summed E-state index contributed by atoms with van der Waals surface area (Å²) in [6, 6.07) is 13.7. The van der Waals surface area contributed by atoms with Gasteiger partial charge in [0.2, 0.25) is 0 Å². The quantitative estimate of drug-likeness (QED) is 0.569. The highest BCUT2D eigenvalue weighted by Gasteiger charge is 2.18. The maximum absolute atomic E-state index is 2.32. The van der Waals surface area contributed by atoms with Gasteiger partial charge in [-0.15, -0.1) is 0 Å². The zero-order valence-electron chi connectivity index (χ0n) is 15.9. The maximum Gasteiger partial charge on any atom is 0.0125 e. The summed E-state index contributed by atoms with van der Waals surface area (Å²) in [4.78, 5) is 2.64. The van der Waals surface area contributed by atoms with Crippen LogP contribution in [0.15, 0.2) is 46.2 Å². The van der Waals surface area contributed by atoms with E-state index >= 15 is 0 Å². The molecule has 0 aliphatic carbocycles. The van der Waals surface area contributed by atoms with Gasteiger partial charge in [-0.05, 0) is 71.2 Å². The molecule has 0 saturated carbocycles. The van der Waals surface area contributed by atoms with E-state index in [4.69, 9.17) is 0 Å². The second-order valence-electron chi connectivity index (χ2n) is 8.56. The molecule has 0 bridgehead atoms. The molecule has 0 N–H and O–H groups in total. The fourth-order valence-electron chi connectivity index (χ4n) is 3.22. The van der Waals surface area contributed by atoms with Crippen molar-refractivity contribution in [1.29, 1.82) is 0 Å². The topological polar surface area (TPSA) is 0 Å². The molecule has 2 rings (SSSR count). The number of hydrogen-bond donors (Lipinski definition) is 0. The Labute approximate surface area is 146 Å². The summed E-state index contributed by atoms with van der Waals surface area (Å²) in [5, 5.41) is 0. The van der Waals surface area contributed by atoms with Crippen molar-refractivity contribution in [2.45, 2.75) is 76.0 Å². The van der Waals surface area contributed by atoms with Crippen molar-refractivity contribution in [3.05, 3.63) is 58.7 Å². The van der Waals surface area contributed by atoms with E-state index in [1.165, 1.54) is 32.0 Å². The van der Waals surface area contributed by atoms with Gasteiger partial charge >= 0.3 is 0 Å². The molecule has 0 aliphatic heterocycles. The number of hydrogen-bond acceptors (Lipinski definition) is 1. The predicted molar refractivity (Wildman–Crippen MR) is 104 cm³/mol.